The molecule has 0 aliphatic carbocycles. The lowest BCUT2D eigenvalue weighted by atomic mass is 10.1. The molecule has 1 fully saturated rings. The first kappa shape index (κ1) is 27.3. The lowest BCUT2D eigenvalue weighted by Gasteiger charge is -2.15. The van der Waals surface area contributed by atoms with Crippen molar-refractivity contribution < 1.29 is 33.0 Å². The molecule has 1 unspecified atom stereocenters. The van der Waals surface area contributed by atoms with Gasteiger partial charge in [0.15, 0.2) is 0 Å². The standard InChI is InChI=1S/C29H22FN3O8/c30-22-17-32(24-10-5-13-39-24)29(38)33(27(22)36)26(35)19-8-4-9-20(15-19)28(37)41-23-16-21(11-12-31-23)40-25(34)14-18-6-2-1-3-7-18/h1-4,6-9,11-12,15-17,24H,5,10,13-14H2. The topological polar surface area (TPSA) is 136 Å². The van der Waals surface area contributed by atoms with E-state index in [1.807, 2.05) is 6.07 Å². The van der Waals surface area contributed by atoms with Gasteiger partial charge in [-0.1, -0.05) is 36.4 Å². The molecule has 0 saturated carbocycles. The molecule has 0 amide bonds. The molecule has 1 aliphatic heterocycles. The van der Waals surface area contributed by atoms with Crippen LogP contribution in [0, 0.1) is 5.82 Å². The number of halogens is 1. The monoisotopic (exact) mass is 559 g/mol. The molecule has 41 heavy (non-hydrogen) atoms. The first-order valence-electron chi connectivity index (χ1n) is 12.5. The van der Waals surface area contributed by atoms with Gasteiger partial charge in [-0.05, 0) is 42.7 Å². The van der Waals surface area contributed by atoms with E-state index in [0.717, 1.165) is 22.4 Å². The zero-order chi connectivity index (χ0) is 28.9. The van der Waals surface area contributed by atoms with Crippen molar-refractivity contribution in [2.24, 2.45) is 0 Å². The van der Waals surface area contributed by atoms with E-state index in [0.29, 0.717) is 19.4 Å². The Hall–Kier alpha value is -5.23. The maximum atomic E-state index is 14.4. The van der Waals surface area contributed by atoms with Gasteiger partial charge in [0.05, 0.1) is 18.2 Å². The van der Waals surface area contributed by atoms with Crippen molar-refractivity contribution in [3.63, 3.8) is 0 Å². The summed E-state index contributed by atoms with van der Waals surface area (Å²) >= 11 is 0. The summed E-state index contributed by atoms with van der Waals surface area (Å²) in [5, 5.41) is 0. The van der Waals surface area contributed by atoms with Crippen molar-refractivity contribution in [1.29, 1.82) is 0 Å². The summed E-state index contributed by atoms with van der Waals surface area (Å²) in [6.45, 7) is 0.351. The maximum Gasteiger partial charge on any atom is 0.344 e. The first-order chi connectivity index (χ1) is 19.8. The molecular formula is C29H22FN3O8. The van der Waals surface area contributed by atoms with E-state index in [1.165, 1.54) is 36.5 Å². The van der Waals surface area contributed by atoms with Crippen molar-refractivity contribution >= 4 is 17.8 Å². The Balaban J connectivity index is 1.32. The summed E-state index contributed by atoms with van der Waals surface area (Å²) in [6.07, 6.45) is 2.27. The average molecular weight is 560 g/mol. The van der Waals surface area contributed by atoms with Gasteiger partial charge < -0.3 is 14.2 Å². The predicted octanol–water partition coefficient (Wildman–Crippen LogP) is 2.91. The lowest BCUT2D eigenvalue weighted by Crippen LogP contribution is -2.46. The Morgan fingerprint density at radius 2 is 1.76 bits per heavy atom. The fourth-order valence-electron chi connectivity index (χ4n) is 4.21. The summed E-state index contributed by atoms with van der Waals surface area (Å²) in [6, 6.07) is 16.7. The molecule has 4 aromatic rings. The third kappa shape index (κ3) is 6.17. The second-order valence-electron chi connectivity index (χ2n) is 9.02. The van der Waals surface area contributed by atoms with E-state index in [2.05, 4.69) is 4.98 Å². The Kier molecular flexibility index (Phi) is 7.92. The smallest absolute Gasteiger partial charge is 0.344 e. The molecule has 0 bridgehead atoms. The molecule has 2 aromatic carbocycles. The third-order valence-corrected chi connectivity index (χ3v) is 6.16. The highest BCUT2D eigenvalue weighted by molar-refractivity contribution is 5.99. The summed E-state index contributed by atoms with van der Waals surface area (Å²) in [5.41, 5.74) is -2.08. The van der Waals surface area contributed by atoms with Gasteiger partial charge in [-0.2, -0.15) is 8.96 Å². The zero-order valence-electron chi connectivity index (χ0n) is 21.4. The maximum absolute atomic E-state index is 14.4. The molecule has 2 aromatic heterocycles. The molecule has 3 heterocycles. The third-order valence-electron chi connectivity index (χ3n) is 6.16. The Bertz CT molecular complexity index is 1740. The van der Waals surface area contributed by atoms with Crippen LogP contribution in [0.3, 0.4) is 0 Å². The summed E-state index contributed by atoms with van der Waals surface area (Å²) in [4.78, 5) is 67.5. The van der Waals surface area contributed by atoms with Crippen molar-refractivity contribution in [1.82, 2.24) is 14.1 Å². The number of nitrogens with zero attached hydrogens (tertiary/aromatic N) is 3. The van der Waals surface area contributed by atoms with Crippen LogP contribution in [0.4, 0.5) is 4.39 Å². The largest absolute Gasteiger partial charge is 0.426 e. The highest BCUT2D eigenvalue weighted by atomic mass is 19.1. The van der Waals surface area contributed by atoms with Gasteiger partial charge in [-0.3, -0.25) is 19.0 Å². The van der Waals surface area contributed by atoms with Crippen LogP contribution >= 0.6 is 0 Å². The Labute approximate surface area is 231 Å². The van der Waals surface area contributed by atoms with Crippen molar-refractivity contribution in [2.75, 3.05) is 6.61 Å². The molecule has 12 heteroatoms. The zero-order valence-corrected chi connectivity index (χ0v) is 21.4. The molecule has 5 rings (SSSR count). The molecule has 11 nitrogen and oxygen atoms in total. The molecular weight excluding hydrogens is 537 g/mol. The van der Waals surface area contributed by atoms with E-state index < -0.39 is 41.1 Å². The van der Waals surface area contributed by atoms with Gasteiger partial charge in [0, 0.05) is 24.4 Å². The molecule has 1 atom stereocenters. The van der Waals surface area contributed by atoms with Crippen LogP contribution in [-0.4, -0.2) is 38.6 Å². The van der Waals surface area contributed by atoms with Gasteiger partial charge in [-0.25, -0.2) is 14.6 Å². The minimum atomic E-state index is -1.43. The normalized spacial score (nSPS) is 14.4. The van der Waals surface area contributed by atoms with E-state index >= 15 is 0 Å². The van der Waals surface area contributed by atoms with Crippen LogP contribution in [0.25, 0.3) is 0 Å². The van der Waals surface area contributed by atoms with Crippen LogP contribution in [0.5, 0.6) is 11.6 Å². The number of rotatable bonds is 7. The first-order valence-corrected chi connectivity index (χ1v) is 12.5. The van der Waals surface area contributed by atoms with Gasteiger partial charge in [0.1, 0.15) is 12.0 Å². The molecule has 0 radical (unpaired) electrons. The van der Waals surface area contributed by atoms with Crippen LogP contribution in [0.15, 0.2) is 88.7 Å². The second-order valence-corrected chi connectivity index (χ2v) is 9.02. The summed E-state index contributed by atoms with van der Waals surface area (Å²) in [7, 11) is 0. The molecule has 0 N–H and O–H groups in total. The van der Waals surface area contributed by atoms with E-state index in [-0.39, 0.29) is 33.7 Å². The van der Waals surface area contributed by atoms with Gasteiger partial charge in [0.2, 0.25) is 11.7 Å². The van der Waals surface area contributed by atoms with Gasteiger partial charge in [0.25, 0.3) is 11.5 Å². The van der Waals surface area contributed by atoms with Crippen LogP contribution in [-0.2, 0) is 16.0 Å². The van der Waals surface area contributed by atoms with Crippen LogP contribution in [0.2, 0.25) is 0 Å². The van der Waals surface area contributed by atoms with E-state index in [9.17, 15) is 28.4 Å². The number of pyridine rings is 1. The fraction of sp³-hybridized carbons (Fsp3) is 0.172. The highest BCUT2D eigenvalue weighted by Gasteiger charge is 2.25. The van der Waals surface area contributed by atoms with Crippen molar-refractivity contribution in [3.8, 4) is 11.6 Å². The highest BCUT2D eigenvalue weighted by Crippen LogP contribution is 2.21. The fourth-order valence-corrected chi connectivity index (χ4v) is 4.21. The number of carbonyl (C=O) groups excluding carboxylic acids is 3. The lowest BCUT2D eigenvalue weighted by molar-refractivity contribution is -0.133. The Morgan fingerprint density at radius 3 is 2.51 bits per heavy atom. The van der Waals surface area contributed by atoms with Gasteiger partial charge in [-0.15, -0.1) is 0 Å². The average Bonchev–Trinajstić information content (AvgIpc) is 3.50. The number of aromatic nitrogens is 3. The van der Waals surface area contributed by atoms with Crippen molar-refractivity contribution in [2.45, 2.75) is 25.5 Å². The predicted molar refractivity (Wildman–Crippen MR) is 140 cm³/mol. The molecule has 208 valence electrons. The number of esters is 2. The van der Waals surface area contributed by atoms with Crippen molar-refractivity contribution in [3.05, 3.63) is 122 Å². The van der Waals surface area contributed by atoms with Gasteiger partial charge >= 0.3 is 17.6 Å². The van der Waals surface area contributed by atoms with Crippen LogP contribution in [0.1, 0.15) is 45.3 Å². The number of hydrogen-bond acceptors (Lipinski definition) is 9. The molecule has 1 aliphatic rings. The van der Waals surface area contributed by atoms with Crippen LogP contribution < -0.4 is 20.7 Å². The van der Waals surface area contributed by atoms with E-state index in [1.54, 1.807) is 24.3 Å². The number of carbonyl (C=O) groups is 3. The Morgan fingerprint density at radius 1 is 0.976 bits per heavy atom. The summed E-state index contributed by atoms with van der Waals surface area (Å²) < 4.78 is 31.4. The number of ether oxygens (including phenoxy) is 3. The van der Waals surface area contributed by atoms with E-state index in [4.69, 9.17) is 14.2 Å². The molecule has 1 saturated heterocycles. The summed E-state index contributed by atoms with van der Waals surface area (Å²) in [5.74, 6) is -3.98. The minimum absolute atomic E-state index is 0.0340. The quantitative estimate of drug-likeness (QED) is 0.313. The number of benzene rings is 2. The molecule has 0 spiro atoms. The minimum Gasteiger partial charge on any atom is -0.426 e. The SMILES string of the molecule is O=C(Cc1ccccc1)Oc1ccnc(OC(=O)c2cccc(C(=O)n3c(=O)c(F)cn(C4CCCO4)c3=O)c2)c1. The second kappa shape index (κ2) is 11.9. The number of hydrogen-bond donors (Lipinski definition) is 0.